The molecule has 0 bridgehead atoms. The average Bonchev–Trinajstić information content (AvgIpc) is 3.32. The van der Waals surface area contributed by atoms with Crippen LogP contribution in [0.1, 0.15) is 57.2 Å². The van der Waals surface area contributed by atoms with Crippen molar-refractivity contribution in [2.24, 2.45) is 7.05 Å². The van der Waals surface area contributed by atoms with E-state index in [9.17, 15) is 0 Å². The van der Waals surface area contributed by atoms with Crippen molar-refractivity contribution in [3.05, 3.63) is 125 Å². The minimum absolute atomic E-state index is 0.187. The highest BCUT2D eigenvalue weighted by molar-refractivity contribution is 6.13. The molecule has 6 rings (SSSR count). The summed E-state index contributed by atoms with van der Waals surface area (Å²) in [5.74, 6) is -1.05. The van der Waals surface area contributed by atoms with E-state index in [0.29, 0.717) is 11.1 Å². The van der Waals surface area contributed by atoms with E-state index < -0.39 is 5.89 Å². The van der Waals surface area contributed by atoms with Crippen molar-refractivity contribution in [1.82, 2.24) is 0 Å². The van der Waals surface area contributed by atoms with Crippen LogP contribution in [0.4, 0.5) is 4.39 Å². The lowest BCUT2D eigenvalue weighted by Gasteiger charge is -2.26. The van der Waals surface area contributed by atoms with Crippen molar-refractivity contribution in [1.29, 1.82) is 0 Å². The van der Waals surface area contributed by atoms with Gasteiger partial charge in [-0.2, -0.15) is 0 Å². The second-order valence-corrected chi connectivity index (χ2v) is 11.5. The van der Waals surface area contributed by atoms with Gasteiger partial charge in [0.05, 0.1) is 11.1 Å². The molecule has 0 fully saturated rings. The van der Waals surface area contributed by atoms with Crippen LogP contribution in [0.5, 0.6) is 0 Å². The van der Waals surface area contributed by atoms with Gasteiger partial charge in [0.2, 0.25) is 5.69 Å². The number of aromatic nitrogens is 1. The largest absolute Gasteiger partial charge is 0.454 e. The van der Waals surface area contributed by atoms with E-state index in [1.54, 1.807) is 0 Å². The first-order valence-corrected chi connectivity index (χ1v) is 13.8. The van der Waals surface area contributed by atoms with Crippen molar-refractivity contribution in [3.8, 4) is 22.4 Å². The number of furan rings is 1. The number of halogens is 1. The Morgan fingerprint density at radius 1 is 0.800 bits per heavy atom. The predicted octanol–water partition coefficient (Wildman–Crippen LogP) is 9.64. The number of benzene rings is 4. The van der Waals surface area contributed by atoms with Crippen LogP contribution >= 0.6 is 0 Å². The molecule has 0 aliphatic carbocycles. The monoisotopic (exact) mass is 529 g/mol. The number of fused-ring (bicyclic) bond motifs is 3. The Balaban J connectivity index is 1.54. The molecular weight excluding hydrogens is 493 g/mol. The summed E-state index contributed by atoms with van der Waals surface area (Å²) in [5, 5.41) is 1.82. The van der Waals surface area contributed by atoms with Crippen LogP contribution in [0.2, 0.25) is 0 Å². The SMILES string of the molecule is [2H]C(C)(C)c1cc[n+](C)c(-c2c(C)ccc3c2oc2c(-c4ccc(C(C)(C)c5ccccc5)cc4)c(F)ccc23)c1. The fourth-order valence-corrected chi connectivity index (χ4v) is 5.77. The molecule has 0 saturated carbocycles. The summed E-state index contributed by atoms with van der Waals surface area (Å²) in [6.45, 7) is 10.3. The Morgan fingerprint density at radius 2 is 1.43 bits per heavy atom. The zero-order chi connectivity index (χ0) is 29.1. The van der Waals surface area contributed by atoms with Gasteiger partial charge in [-0.1, -0.05) is 94.4 Å². The van der Waals surface area contributed by atoms with Gasteiger partial charge in [-0.25, -0.2) is 8.96 Å². The molecule has 0 saturated heterocycles. The molecule has 0 atom stereocenters. The highest BCUT2D eigenvalue weighted by Gasteiger charge is 2.25. The Bertz CT molecular complexity index is 1910. The highest BCUT2D eigenvalue weighted by Crippen LogP contribution is 2.42. The number of hydrogen-bond acceptors (Lipinski definition) is 1. The maximum Gasteiger partial charge on any atom is 0.216 e. The van der Waals surface area contributed by atoms with E-state index in [1.807, 2.05) is 57.4 Å². The van der Waals surface area contributed by atoms with Gasteiger partial charge in [0.1, 0.15) is 24.0 Å². The minimum Gasteiger partial charge on any atom is -0.454 e. The van der Waals surface area contributed by atoms with Gasteiger partial charge in [0.15, 0.2) is 6.20 Å². The smallest absolute Gasteiger partial charge is 0.216 e. The molecule has 200 valence electrons. The van der Waals surface area contributed by atoms with E-state index in [2.05, 4.69) is 79.9 Å². The van der Waals surface area contributed by atoms with E-state index in [-0.39, 0.29) is 11.2 Å². The van der Waals surface area contributed by atoms with Gasteiger partial charge in [-0.15, -0.1) is 0 Å². The van der Waals surface area contributed by atoms with Gasteiger partial charge < -0.3 is 4.42 Å². The van der Waals surface area contributed by atoms with Gasteiger partial charge in [-0.3, -0.25) is 0 Å². The predicted molar refractivity (Wildman–Crippen MR) is 163 cm³/mol. The Labute approximate surface area is 237 Å². The summed E-state index contributed by atoms with van der Waals surface area (Å²) < 4.78 is 32.9. The van der Waals surface area contributed by atoms with Crippen LogP contribution in [0.25, 0.3) is 44.3 Å². The quantitative estimate of drug-likeness (QED) is 0.203. The molecule has 2 nitrogen and oxygen atoms in total. The topological polar surface area (TPSA) is 17.0 Å². The molecular formula is C37H35FNO+. The van der Waals surface area contributed by atoms with Crippen LogP contribution < -0.4 is 4.57 Å². The van der Waals surface area contributed by atoms with Crippen LogP contribution in [-0.2, 0) is 12.5 Å². The summed E-state index contributed by atoms with van der Waals surface area (Å²) in [6.07, 6.45) is 1.99. The lowest BCUT2D eigenvalue weighted by atomic mass is 9.78. The van der Waals surface area contributed by atoms with E-state index >= 15 is 4.39 Å². The van der Waals surface area contributed by atoms with E-state index in [4.69, 9.17) is 5.79 Å². The van der Waals surface area contributed by atoms with Crippen molar-refractivity contribution < 1.29 is 14.7 Å². The number of pyridine rings is 1. The average molecular weight is 530 g/mol. The number of nitrogens with zero attached hydrogens (tertiary/aromatic N) is 1. The lowest BCUT2D eigenvalue weighted by molar-refractivity contribution is -0.660. The first kappa shape index (κ1) is 24.8. The number of aryl methyl sites for hydroxylation is 2. The molecule has 3 heteroatoms. The Hall–Kier alpha value is -4.24. The fraction of sp³-hybridized carbons (Fsp3) is 0.216. The molecule has 0 N–H and O–H groups in total. The van der Waals surface area contributed by atoms with Gasteiger partial charge in [0.25, 0.3) is 0 Å². The molecule has 0 radical (unpaired) electrons. The molecule has 0 unspecified atom stereocenters. The van der Waals surface area contributed by atoms with E-state index in [0.717, 1.165) is 49.9 Å². The molecule has 0 spiro atoms. The second-order valence-electron chi connectivity index (χ2n) is 11.5. The number of hydrogen-bond donors (Lipinski definition) is 0. The standard InChI is InChI=1S/C37H35FNO/c1-23(2)26-20-21-39(6)32(22-26)33-24(3)12-17-29-30-18-19-31(38)34(36(30)40-35(29)33)25-13-15-28(16-14-25)37(4,5)27-10-8-7-9-11-27/h7-23H,1-6H3/q+1/i23D. The normalized spacial score (nSPS) is 12.7. The molecule has 0 amide bonds. The molecule has 0 aliphatic rings. The van der Waals surface area contributed by atoms with Crippen LogP contribution in [0.3, 0.4) is 0 Å². The fourth-order valence-electron chi connectivity index (χ4n) is 5.77. The maximum absolute atomic E-state index is 15.6. The van der Waals surface area contributed by atoms with E-state index in [1.165, 1.54) is 11.6 Å². The molecule has 2 aromatic heterocycles. The van der Waals surface area contributed by atoms with Crippen LogP contribution in [0, 0.1) is 12.7 Å². The van der Waals surface area contributed by atoms with Crippen molar-refractivity contribution in [2.75, 3.05) is 0 Å². The number of rotatable bonds is 5. The third kappa shape index (κ3) is 4.21. The molecule has 0 aliphatic heterocycles. The molecule has 40 heavy (non-hydrogen) atoms. The summed E-state index contributed by atoms with van der Waals surface area (Å²) in [4.78, 5) is 0. The first-order chi connectivity index (χ1) is 19.5. The second kappa shape index (κ2) is 9.75. The zero-order valence-corrected chi connectivity index (χ0v) is 24.0. The summed E-state index contributed by atoms with van der Waals surface area (Å²) in [7, 11) is 2.00. The van der Waals surface area contributed by atoms with Gasteiger partial charge in [0, 0.05) is 29.7 Å². The highest BCUT2D eigenvalue weighted by atomic mass is 19.1. The Morgan fingerprint density at radius 3 is 2.10 bits per heavy atom. The third-order valence-corrected chi connectivity index (χ3v) is 8.34. The molecule has 4 aromatic carbocycles. The first-order valence-electron chi connectivity index (χ1n) is 14.3. The van der Waals surface area contributed by atoms with Crippen LogP contribution in [0.15, 0.2) is 102 Å². The summed E-state index contributed by atoms with van der Waals surface area (Å²) in [5.41, 5.74) is 8.61. The zero-order valence-electron chi connectivity index (χ0n) is 25.0. The van der Waals surface area contributed by atoms with Crippen LogP contribution in [-0.4, -0.2) is 0 Å². The van der Waals surface area contributed by atoms with Crippen molar-refractivity contribution >= 4 is 21.9 Å². The van der Waals surface area contributed by atoms with Crippen molar-refractivity contribution in [3.63, 3.8) is 0 Å². The Kier molecular flexibility index (Phi) is 6.04. The molecule has 2 heterocycles. The molecule has 6 aromatic rings. The lowest BCUT2D eigenvalue weighted by Crippen LogP contribution is -2.31. The minimum atomic E-state index is -0.740. The van der Waals surface area contributed by atoms with Gasteiger partial charge >= 0.3 is 0 Å². The third-order valence-electron chi connectivity index (χ3n) is 8.34. The van der Waals surface area contributed by atoms with Gasteiger partial charge in [-0.05, 0) is 52.8 Å². The summed E-state index contributed by atoms with van der Waals surface area (Å²) in [6, 6.07) is 30.2. The maximum atomic E-state index is 15.6. The summed E-state index contributed by atoms with van der Waals surface area (Å²) >= 11 is 0. The van der Waals surface area contributed by atoms with Crippen molar-refractivity contribution in [2.45, 2.75) is 45.9 Å².